The summed E-state index contributed by atoms with van der Waals surface area (Å²) in [6, 6.07) is 21.0. The second kappa shape index (κ2) is 7.64. The SMILES string of the molecule is c1ccc2nc(-c3ccc(NCCN4CCOCC4)cc3)ccc2c1. The first-order chi connectivity index (χ1) is 12.4. The quantitative estimate of drug-likeness (QED) is 0.773. The van der Waals surface area contributed by atoms with E-state index in [9.17, 15) is 0 Å². The molecular formula is C21H23N3O. The number of anilines is 1. The Labute approximate surface area is 148 Å². The average Bonchev–Trinajstić information content (AvgIpc) is 2.69. The summed E-state index contributed by atoms with van der Waals surface area (Å²) in [5, 5.41) is 4.67. The third-order valence-electron chi connectivity index (χ3n) is 4.64. The standard InChI is InChI=1S/C21H23N3O/c1-2-4-20-17(3-1)7-10-21(23-20)18-5-8-19(9-6-18)22-11-12-24-13-15-25-16-14-24/h1-10,22H,11-16H2. The van der Waals surface area contributed by atoms with Gasteiger partial charge in [0.05, 0.1) is 24.4 Å². The summed E-state index contributed by atoms with van der Waals surface area (Å²) >= 11 is 0. The Kier molecular flexibility index (Phi) is 4.91. The molecule has 1 fully saturated rings. The summed E-state index contributed by atoms with van der Waals surface area (Å²) in [6.45, 7) is 5.79. The van der Waals surface area contributed by atoms with E-state index in [1.165, 1.54) is 5.39 Å². The van der Waals surface area contributed by atoms with Crippen LogP contribution in [0.25, 0.3) is 22.2 Å². The summed E-state index contributed by atoms with van der Waals surface area (Å²) in [4.78, 5) is 7.19. The van der Waals surface area contributed by atoms with Gasteiger partial charge in [0.15, 0.2) is 0 Å². The minimum absolute atomic E-state index is 0.855. The molecule has 0 amide bonds. The fourth-order valence-corrected chi connectivity index (χ4v) is 3.17. The number of hydrogen-bond acceptors (Lipinski definition) is 4. The second-order valence-electron chi connectivity index (χ2n) is 6.35. The van der Waals surface area contributed by atoms with E-state index in [-0.39, 0.29) is 0 Å². The molecule has 1 aliphatic rings. The van der Waals surface area contributed by atoms with Crippen molar-refractivity contribution in [3.05, 3.63) is 60.7 Å². The lowest BCUT2D eigenvalue weighted by Crippen LogP contribution is -2.38. The van der Waals surface area contributed by atoms with E-state index in [0.717, 1.165) is 61.9 Å². The number of morpholine rings is 1. The van der Waals surface area contributed by atoms with Crippen LogP contribution in [0.4, 0.5) is 5.69 Å². The number of nitrogens with zero attached hydrogens (tertiary/aromatic N) is 2. The van der Waals surface area contributed by atoms with Crippen LogP contribution >= 0.6 is 0 Å². The van der Waals surface area contributed by atoms with Crippen LogP contribution in [0, 0.1) is 0 Å². The minimum atomic E-state index is 0.855. The molecule has 1 aromatic heterocycles. The summed E-state index contributed by atoms with van der Waals surface area (Å²) in [5.41, 5.74) is 4.34. The fraction of sp³-hybridized carbons (Fsp3) is 0.286. The highest BCUT2D eigenvalue weighted by Gasteiger charge is 2.09. The third kappa shape index (κ3) is 3.98. The van der Waals surface area contributed by atoms with Crippen molar-refractivity contribution in [3.63, 3.8) is 0 Å². The second-order valence-corrected chi connectivity index (χ2v) is 6.35. The van der Waals surface area contributed by atoms with Crippen LogP contribution in [-0.2, 0) is 4.74 Å². The lowest BCUT2D eigenvalue weighted by Gasteiger charge is -2.26. The van der Waals surface area contributed by atoms with E-state index in [4.69, 9.17) is 9.72 Å². The number of benzene rings is 2. The lowest BCUT2D eigenvalue weighted by molar-refractivity contribution is 0.0398. The molecule has 0 saturated carbocycles. The summed E-state index contributed by atoms with van der Waals surface area (Å²) in [7, 11) is 0. The molecule has 0 bridgehead atoms. The van der Waals surface area contributed by atoms with E-state index in [1.54, 1.807) is 0 Å². The Morgan fingerprint density at radius 2 is 1.72 bits per heavy atom. The van der Waals surface area contributed by atoms with Crippen molar-refractivity contribution < 1.29 is 4.74 Å². The van der Waals surface area contributed by atoms with E-state index in [0.29, 0.717) is 0 Å². The maximum absolute atomic E-state index is 5.38. The molecule has 0 radical (unpaired) electrons. The topological polar surface area (TPSA) is 37.4 Å². The van der Waals surface area contributed by atoms with Crippen molar-refractivity contribution in [1.29, 1.82) is 0 Å². The number of nitrogens with one attached hydrogen (secondary N) is 1. The van der Waals surface area contributed by atoms with Crippen molar-refractivity contribution in [1.82, 2.24) is 9.88 Å². The highest BCUT2D eigenvalue weighted by atomic mass is 16.5. The Morgan fingerprint density at radius 3 is 2.56 bits per heavy atom. The van der Waals surface area contributed by atoms with Gasteiger partial charge in [-0.1, -0.05) is 36.4 Å². The van der Waals surface area contributed by atoms with Crippen LogP contribution in [0.5, 0.6) is 0 Å². The number of fused-ring (bicyclic) bond motifs is 1. The minimum Gasteiger partial charge on any atom is -0.384 e. The molecule has 1 aliphatic heterocycles. The molecule has 4 rings (SSSR count). The van der Waals surface area contributed by atoms with Gasteiger partial charge in [-0.15, -0.1) is 0 Å². The summed E-state index contributed by atoms with van der Waals surface area (Å²) < 4.78 is 5.38. The van der Waals surface area contributed by atoms with Gasteiger partial charge in [0.2, 0.25) is 0 Å². The van der Waals surface area contributed by atoms with E-state index in [2.05, 4.69) is 58.7 Å². The largest absolute Gasteiger partial charge is 0.384 e. The van der Waals surface area contributed by atoms with E-state index >= 15 is 0 Å². The number of para-hydroxylation sites is 1. The normalized spacial score (nSPS) is 15.4. The van der Waals surface area contributed by atoms with Crippen molar-refractivity contribution in [3.8, 4) is 11.3 Å². The van der Waals surface area contributed by atoms with E-state index in [1.807, 2.05) is 12.1 Å². The van der Waals surface area contributed by atoms with Crippen molar-refractivity contribution in [2.24, 2.45) is 0 Å². The Hall–Kier alpha value is -2.43. The van der Waals surface area contributed by atoms with Gasteiger partial charge in [-0.05, 0) is 24.3 Å². The summed E-state index contributed by atoms with van der Waals surface area (Å²) in [5.74, 6) is 0. The molecule has 2 heterocycles. The van der Waals surface area contributed by atoms with Crippen LogP contribution < -0.4 is 5.32 Å². The molecule has 128 valence electrons. The Balaban J connectivity index is 1.38. The number of rotatable bonds is 5. The van der Waals surface area contributed by atoms with Crippen LogP contribution in [0.2, 0.25) is 0 Å². The first-order valence-electron chi connectivity index (χ1n) is 8.89. The predicted molar refractivity (Wildman–Crippen MR) is 103 cm³/mol. The molecule has 2 aromatic carbocycles. The number of ether oxygens (including phenoxy) is 1. The zero-order valence-corrected chi connectivity index (χ0v) is 14.3. The maximum atomic E-state index is 5.38. The highest BCUT2D eigenvalue weighted by molar-refractivity contribution is 5.81. The zero-order chi connectivity index (χ0) is 16.9. The number of hydrogen-bond donors (Lipinski definition) is 1. The molecule has 0 aliphatic carbocycles. The maximum Gasteiger partial charge on any atom is 0.0709 e. The van der Waals surface area contributed by atoms with Gasteiger partial charge in [0.1, 0.15) is 0 Å². The average molecular weight is 333 g/mol. The van der Waals surface area contributed by atoms with Gasteiger partial charge in [-0.2, -0.15) is 0 Å². The predicted octanol–water partition coefficient (Wildman–Crippen LogP) is 3.65. The monoisotopic (exact) mass is 333 g/mol. The Morgan fingerprint density at radius 1 is 0.920 bits per heavy atom. The van der Waals surface area contributed by atoms with Gasteiger partial charge in [0.25, 0.3) is 0 Å². The molecule has 0 atom stereocenters. The number of aromatic nitrogens is 1. The zero-order valence-electron chi connectivity index (χ0n) is 14.3. The van der Waals surface area contributed by atoms with Crippen LogP contribution in [0.15, 0.2) is 60.7 Å². The molecule has 25 heavy (non-hydrogen) atoms. The van der Waals surface area contributed by atoms with Crippen molar-refractivity contribution >= 4 is 16.6 Å². The molecule has 4 nitrogen and oxygen atoms in total. The van der Waals surface area contributed by atoms with Crippen molar-refractivity contribution in [2.75, 3.05) is 44.7 Å². The molecule has 0 spiro atoms. The van der Waals surface area contributed by atoms with Crippen LogP contribution in [-0.4, -0.2) is 49.3 Å². The van der Waals surface area contributed by atoms with E-state index < -0.39 is 0 Å². The van der Waals surface area contributed by atoms with Crippen LogP contribution in [0.1, 0.15) is 0 Å². The molecule has 0 unspecified atom stereocenters. The van der Waals surface area contributed by atoms with Gasteiger partial charge in [-0.3, -0.25) is 4.90 Å². The molecule has 3 aromatic rings. The Bertz CT molecular complexity index is 826. The molecule has 4 heteroatoms. The van der Waals surface area contributed by atoms with Gasteiger partial charge < -0.3 is 10.1 Å². The highest BCUT2D eigenvalue weighted by Crippen LogP contribution is 2.22. The van der Waals surface area contributed by atoms with Gasteiger partial charge in [0, 0.05) is 42.8 Å². The molecular weight excluding hydrogens is 310 g/mol. The molecule has 1 saturated heterocycles. The number of pyridine rings is 1. The first kappa shape index (κ1) is 16.1. The fourth-order valence-electron chi connectivity index (χ4n) is 3.17. The van der Waals surface area contributed by atoms with Crippen LogP contribution in [0.3, 0.4) is 0 Å². The first-order valence-corrected chi connectivity index (χ1v) is 8.89. The van der Waals surface area contributed by atoms with Gasteiger partial charge >= 0.3 is 0 Å². The lowest BCUT2D eigenvalue weighted by atomic mass is 10.1. The van der Waals surface area contributed by atoms with Crippen molar-refractivity contribution in [2.45, 2.75) is 0 Å². The van der Waals surface area contributed by atoms with Gasteiger partial charge in [-0.25, -0.2) is 4.98 Å². The third-order valence-corrected chi connectivity index (χ3v) is 4.64. The smallest absolute Gasteiger partial charge is 0.0709 e. The molecule has 1 N–H and O–H groups in total. The summed E-state index contributed by atoms with van der Waals surface area (Å²) in [6.07, 6.45) is 0.